The zero-order chi connectivity index (χ0) is 15.6. The standard InChI is InChI=1S/C14H15FN2O3S/c1-9-11(15)4-3-5-12(9)17-21(18,19)14-8-10(16)6-7-13(14)20-2/h3-8,17H,16H2,1-2H3. The molecule has 112 valence electrons. The molecule has 0 saturated heterocycles. The first-order chi connectivity index (χ1) is 9.85. The molecule has 2 aromatic rings. The first-order valence-corrected chi connectivity index (χ1v) is 7.55. The SMILES string of the molecule is COc1ccc(N)cc1S(=O)(=O)Nc1cccc(F)c1C. The summed E-state index contributed by atoms with van der Waals surface area (Å²) in [4.78, 5) is -0.103. The van der Waals surface area contributed by atoms with Gasteiger partial charge in [0, 0.05) is 11.3 Å². The summed E-state index contributed by atoms with van der Waals surface area (Å²) in [5, 5.41) is 0. The Morgan fingerprint density at radius 3 is 2.62 bits per heavy atom. The number of hydrogen-bond donors (Lipinski definition) is 2. The first-order valence-electron chi connectivity index (χ1n) is 6.06. The van der Waals surface area contributed by atoms with Gasteiger partial charge < -0.3 is 10.5 Å². The molecule has 2 aromatic carbocycles. The highest BCUT2D eigenvalue weighted by molar-refractivity contribution is 7.92. The van der Waals surface area contributed by atoms with Crippen LogP contribution < -0.4 is 15.2 Å². The monoisotopic (exact) mass is 310 g/mol. The number of anilines is 2. The summed E-state index contributed by atoms with van der Waals surface area (Å²) < 4.78 is 45.7. The fourth-order valence-corrected chi connectivity index (χ4v) is 3.15. The topological polar surface area (TPSA) is 81.4 Å². The highest BCUT2D eigenvalue weighted by atomic mass is 32.2. The molecule has 0 bridgehead atoms. The molecule has 0 aliphatic rings. The molecule has 21 heavy (non-hydrogen) atoms. The zero-order valence-electron chi connectivity index (χ0n) is 11.6. The molecule has 0 atom stereocenters. The minimum Gasteiger partial charge on any atom is -0.495 e. The molecule has 0 fully saturated rings. The van der Waals surface area contributed by atoms with Gasteiger partial charge in [0.1, 0.15) is 16.5 Å². The van der Waals surface area contributed by atoms with E-state index in [0.29, 0.717) is 0 Å². The molecule has 7 heteroatoms. The third kappa shape index (κ3) is 3.08. The van der Waals surface area contributed by atoms with Crippen molar-refractivity contribution in [3.63, 3.8) is 0 Å². The summed E-state index contributed by atoms with van der Waals surface area (Å²) in [6.07, 6.45) is 0. The second-order valence-electron chi connectivity index (χ2n) is 4.43. The zero-order valence-corrected chi connectivity index (χ0v) is 12.4. The Kier molecular flexibility index (Phi) is 4.04. The van der Waals surface area contributed by atoms with Gasteiger partial charge in [-0.25, -0.2) is 12.8 Å². The largest absolute Gasteiger partial charge is 0.495 e. The van der Waals surface area contributed by atoms with Gasteiger partial charge in [-0.2, -0.15) is 0 Å². The van der Waals surface area contributed by atoms with E-state index in [1.165, 1.54) is 50.4 Å². The number of sulfonamides is 1. The van der Waals surface area contributed by atoms with Crippen LogP contribution in [0.15, 0.2) is 41.3 Å². The Labute approximate surface area is 122 Å². The van der Waals surface area contributed by atoms with E-state index in [0.717, 1.165) is 0 Å². The number of halogens is 1. The second kappa shape index (κ2) is 5.61. The van der Waals surface area contributed by atoms with Crippen molar-refractivity contribution in [3.05, 3.63) is 47.8 Å². The van der Waals surface area contributed by atoms with Crippen LogP contribution in [0.3, 0.4) is 0 Å². The third-order valence-corrected chi connectivity index (χ3v) is 4.38. The molecule has 3 N–H and O–H groups in total. The van der Waals surface area contributed by atoms with Crippen LogP contribution in [0.25, 0.3) is 0 Å². The van der Waals surface area contributed by atoms with Gasteiger partial charge >= 0.3 is 0 Å². The predicted molar refractivity (Wildman–Crippen MR) is 79.4 cm³/mol. The first kappa shape index (κ1) is 15.1. The number of methoxy groups -OCH3 is 1. The molecule has 0 amide bonds. The lowest BCUT2D eigenvalue weighted by atomic mass is 10.2. The van der Waals surface area contributed by atoms with Crippen molar-refractivity contribution < 1.29 is 17.5 Å². The normalized spacial score (nSPS) is 11.2. The number of benzene rings is 2. The Morgan fingerprint density at radius 1 is 1.24 bits per heavy atom. The average molecular weight is 310 g/mol. The molecule has 0 unspecified atom stereocenters. The van der Waals surface area contributed by atoms with Gasteiger partial charge in [0.05, 0.1) is 12.8 Å². The van der Waals surface area contributed by atoms with Gasteiger partial charge in [-0.15, -0.1) is 0 Å². The smallest absolute Gasteiger partial charge is 0.265 e. The molecule has 0 radical (unpaired) electrons. The molecule has 0 saturated carbocycles. The summed E-state index contributed by atoms with van der Waals surface area (Å²) in [5.74, 6) is -0.333. The third-order valence-electron chi connectivity index (χ3n) is 2.99. The van der Waals surface area contributed by atoms with E-state index < -0.39 is 15.8 Å². The summed E-state index contributed by atoms with van der Waals surface area (Å²) in [6, 6.07) is 8.45. The van der Waals surface area contributed by atoms with Crippen molar-refractivity contribution in [3.8, 4) is 5.75 Å². The Hall–Kier alpha value is -2.28. The van der Waals surface area contributed by atoms with E-state index in [4.69, 9.17) is 10.5 Å². The summed E-state index contributed by atoms with van der Waals surface area (Å²) in [7, 11) is -2.58. The van der Waals surface area contributed by atoms with Crippen LogP contribution in [-0.2, 0) is 10.0 Å². The highest BCUT2D eigenvalue weighted by Crippen LogP contribution is 2.29. The summed E-state index contributed by atoms with van der Waals surface area (Å²) >= 11 is 0. The lowest BCUT2D eigenvalue weighted by Crippen LogP contribution is -2.15. The summed E-state index contributed by atoms with van der Waals surface area (Å²) in [5.41, 5.74) is 6.28. The quantitative estimate of drug-likeness (QED) is 0.850. The molecule has 0 aliphatic heterocycles. The predicted octanol–water partition coefficient (Wildman–Crippen LogP) is 2.53. The maximum absolute atomic E-state index is 13.5. The van der Waals surface area contributed by atoms with Crippen molar-refractivity contribution in [1.29, 1.82) is 0 Å². The van der Waals surface area contributed by atoms with Crippen LogP contribution in [0.4, 0.5) is 15.8 Å². The Bertz CT molecular complexity index is 776. The number of nitrogen functional groups attached to an aromatic ring is 1. The number of nitrogens with two attached hydrogens (primary N) is 1. The molecular formula is C14H15FN2O3S. The average Bonchev–Trinajstić information content (AvgIpc) is 2.44. The van der Waals surface area contributed by atoms with Gasteiger partial charge in [-0.05, 0) is 37.3 Å². The van der Waals surface area contributed by atoms with Gasteiger partial charge in [0.2, 0.25) is 0 Å². The molecule has 0 aromatic heterocycles. The minimum atomic E-state index is -3.94. The van der Waals surface area contributed by atoms with Crippen LogP contribution >= 0.6 is 0 Å². The van der Waals surface area contributed by atoms with Crippen molar-refractivity contribution in [2.45, 2.75) is 11.8 Å². The summed E-state index contributed by atoms with van der Waals surface area (Å²) in [6.45, 7) is 1.49. The number of ether oxygens (including phenoxy) is 1. The van der Waals surface area contributed by atoms with Crippen molar-refractivity contribution in [2.24, 2.45) is 0 Å². The number of nitrogens with one attached hydrogen (secondary N) is 1. The van der Waals surface area contributed by atoms with Gasteiger partial charge in [0.25, 0.3) is 10.0 Å². The maximum Gasteiger partial charge on any atom is 0.265 e. The Balaban J connectivity index is 2.48. The van der Waals surface area contributed by atoms with Crippen LogP contribution in [0.5, 0.6) is 5.75 Å². The molecule has 0 spiro atoms. The van der Waals surface area contributed by atoms with Crippen molar-refractivity contribution in [2.75, 3.05) is 17.6 Å². The molecular weight excluding hydrogens is 295 g/mol. The second-order valence-corrected chi connectivity index (χ2v) is 6.08. The van der Waals surface area contributed by atoms with Gasteiger partial charge in [0.15, 0.2) is 0 Å². The van der Waals surface area contributed by atoms with E-state index in [9.17, 15) is 12.8 Å². The van der Waals surface area contributed by atoms with E-state index >= 15 is 0 Å². The van der Waals surface area contributed by atoms with E-state index in [1.54, 1.807) is 0 Å². The van der Waals surface area contributed by atoms with Crippen molar-refractivity contribution >= 4 is 21.4 Å². The maximum atomic E-state index is 13.5. The van der Waals surface area contributed by atoms with Crippen LogP contribution in [0, 0.1) is 12.7 Å². The van der Waals surface area contributed by atoms with E-state index in [-0.39, 0.29) is 27.6 Å². The number of hydrogen-bond acceptors (Lipinski definition) is 4. The van der Waals surface area contributed by atoms with E-state index in [2.05, 4.69) is 4.72 Å². The molecule has 2 rings (SSSR count). The molecule has 5 nitrogen and oxygen atoms in total. The van der Waals surface area contributed by atoms with Crippen LogP contribution in [0.2, 0.25) is 0 Å². The fraction of sp³-hybridized carbons (Fsp3) is 0.143. The fourth-order valence-electron chi connectivity index (χ4n) is 1.82. The van der Waals surface area contributed by atoms with E-state index in [1.807, 2.05) is 0 Å². The van der Waals surface area contributed by atoms with Crippen LogP contribution in [0.1, 0.15) is 5.56 Å². The lowest BCUT2D eigenvalue weighted by molar-refractivity contribution is 0.403. The van der Waals surface area contributed by atoms with Crippen LogP contribution in [-0.4, -0.2) is 15.5 Å². The van der Waals surface area contributed by atoms with Gasteiger partial charge in [-0.3, -0.25) is 4.72 Å². The minimum absolute atomic E-state index is 0.103. The molecule has 0 heterocycles. The van der Waals surface area contributed by atoms with Gasteiger partial charge in [-0.1, -0.05) is 6.07 Å². The lowest BCUT2D eigenvalue weighted by Gasteiger charge is -2.13. The Morgan fingerprint density at radius 2 is 1.95 bits per heavy atom. The van der Waals surface area contributed by atoms with Crippen molar-refractivity contribution in [1.82, 2.24) is 0 Å². The highest BCUT2D eigenvalue weighted by Gasteiger charge is 2.21. The molecule has 0 aliphatic carbocycles. The number of rotatable bonds is 4.